The predicted molar refractivity (Wildman–Crippen MR) is 131 cm³/mol. The summed E-state index contributed by atoms with van der Waals surface area (Å²) in [6.45, 7) is 1.55. The van der Waals surface area contributed by atoms with Crippen molar-refractivity contribution >= 4 is 49.8 Å². The number of rotatable bonds is 6. The maximum Gasteiger partial charge on any atom is 0.254 e. The summed E-state index contributed by atoms with van der Waals surface area (Å²) in [6, 6.07) is 9.67. The molecule has 2 atom stereocenters. The minimum atomic E-state index is -3.92. The van der Waals surface area contributed by atoms with Crippen molar-refractivity contribution in [2.45, 2.75) is 24.5 Å². The van der Waals surface area contributed by atoms with Gasteiger partial charge < -0.3 is 10.4 Å². The Hall–Kier alpha value is -2.67. The highest BCUT2D eigenvalue weighted by Crippen LogP contribution is 2.47. The first-order chi connectivity index (χ1) is 15.5. The lowest BCUT2D eigenvalue weighted by Gasteiger charge is -2.19. The molecule has 0 spiro atoms. The van der Waals surface area contributed by atoms with Gasteiger partial charge in [-0.05, 0) is 77.9 Å². The molecule has 0 saturated heterocycles. The first-order valence-electron chi connectivity index (χ1n) is 9.90. The van der Waals surface area contributed by atoms with Crippen LogP contribution in [0.4, 0.5) is 26.0 Å². The van der Waals surface area contributed by atoms with Gasteiger partial charge in [-0.15, -0.1) is 0 Å². The van der Waals surface area contributed by atoms with Crippen LogP contribution in [-0.4, -0.2) is 23.3 Å². The molecule has 174 valence electrons. The number of aromatic nitrogens is 1. The van der Waals surface area contributed by atoms with Crippen molar-refractivity contribution in [3.63, 3.8) is 0 Å². The minimum Gasteiger partial charge on any atom is -0.505 e. The third-order valence-corrected chi connectivity index (χ3v) is 8.05. The summed E-state index contributed by atoms with van der Waals surface area (Å²) >= 11 is 1.97. The lowest BCUT2D eigenvalue weighted by molar-refractivity contribution is 0.432. The quantitative estimate of drug-likeness (QED) is 0.373. The third-order valence-electron chi connectivity index (χ3n) is 5.56. The number of phenolic OH excluding ortho intramolecular Hbond substituents is 1. The Morgan fingerprint density at radius 2 is 1.82 bits per heavy atom. The summed E-state index contributed by atoms with van der Waals surface area (Å²) in [5.41, 5.74) is 0.581. The molecule has 0 aliphatic heterocycles. The molecular formula is C22H20F2IN3O4S. The molecule has 2 aromatic carbocycles. The number of anilines is 3. The van der Waals surface area contributed by atoms with E-state index in [4.69, 9.17) is 0 Å². The van der Waals surface area contributed by atoms with E-state index >= 15 is 0 Å². The summed E-state index contributed by atoms with van der Waals surface area (Å²) in [5, 5.41) is 11.4. The number of phenols is 1. The smallest absolute Gasteiger partial charge is 0.254 e. The molecule has 11 heteroatoms. The summed E-state index contributed by atoms with van der Waals surface area (Å²) < 4.78 is 58.7. The highest BCUT2D eigenvalue weighted by molar-refractivity contribution is 14.1. The Morgan fingerprint density at radius 1 is 1.09 bits per heavy atom. The van der Waals surface area contributed by atoms with Gasteiger partial charge in [-0.3, -0.25) is 14.1 Å². The van der Waals surface area contributed by atoms with Crippen molar-refractivity contribution in [3.8, 4) is 5.75 Å². The molecule has 1 heterocycles. The van der Waals surface area contributed by atoms with Crippen LogP contribution < -0.4 is 15.6 Å². The highest BCUT2D eigenvalue weighted by Gasteiger charge is 2.48. The van der Waals surface area contributed by atoms with Crippen molar-refractivity contribution in [2.24, 2.45) is 7.05 Å². The van der Waals surface area contributed by atoms with Gasteiger partial charge in [0.05, 0.1) is 16.6 Å². The van der Waals surface area contributed by atoms with E-state index < -0.39 is 38.6 Å². The van der Waals surface area contributed by atoms with Crippen LogP contribution in [0.3, 0.4) is 0 Å². The Morgan fingerprint density at radius 3 is 2.48 bits per heavy atom. The largest absolute Gasteiger partial charge is 0.505 e. The third kappa shape index (κ3) is 4.69. The van der Waals surface area contributed by atoms with E-state index in [1.54, 1.807) is 13.0 Å². The average Bonchev–Trinajstić information content (AvgIpc) is 3.54. The van der Waals surface area contributed by atoms with E-state index in [1.165, 1.54) is 41.9 Å². The van der Waals surface area contributed by atoms with Crippen LogP contribution in [0.15, 0.2) is 47.3 Å². The van der Waals surface area contributed by atoms with Crippen molar-refractivity contribution in [2.75, 3.05) is 10.0 Å². The Labute approximate surface area is 202 Å². The second kappa shape index (κ2) is 8.60. The number of hydrogen-bond acceptors (Lipinski definition) is 5. The molecule has 2 unspecified atom stereocenters. The lowest BCUT2D eigenvalue weighted by Crippen LogP contribution is -2.26. The van der Waals surface area contributed by atoms with Gasteiger partial charge in [0.15, 0.2) is 11.6 Å². The van der Waals surface area contributed by atoms with Gasteiger partial charge in [0.25, 0.3) is 5.56 Å². The number of pyridine rings is 1. The van der Waals surface area contributed by atoms with Crippen LogP contribution in [0.1, 0.15) is 23.5 Å². The Balaban J connectivity index is 1.66. The molecule has 3 N–H and O–H groups in total. The number of nitrogens with one attached hydrogen (secondary N) is 2. The van der Waals surface area contributed by atoms with Gasteiger partial charge in [0.2, 0.25) is 10.0 Å². The van der Waals surface area contributed by atoms with Crippen molar-refractivity contribution in [1.29, 1.82) is 0 Å². The van der Waals surface area contributed by atoms with E-state index in [9.17, 15) is 27.1 Å². The van der Waals surface area contributed by atoms with E-state index in [0.717, 1.165) is 6.07 Å². The van der Waals surface area contributed by atoms with Gasteiger partial charge in [0.1, 0.15) is 11.6 Å². The predicted octanol–water partition coefficient (Wildman–Crippen LogP) is 4.32. The zero-order valence-corrected chi connectivity index (χ0v) is 20.5. The second-order valence-electron chi connectivity index (χ2n) is 7.94. The second-order valence-corrected chi connectivity index (χ2v) is 11.1. The van der Waals surface area contributed by atoms with E-state index in [-0.39, 0.29) is 29.2 Å². The highest BCUT2D eigenvalue weighted by atomic mass is 127. The number of hydrogen-bond donors (Lipinski definition) is 3. The zero-order chi connectivity index (χ0) is 24.1. The average molecular weight is 587 g/mol. The summed E-state index contributed by atoms with van der Waals surface area (Å²) in [7, 11) is -2.47. The van der Waals surface area contributed by atoms with Crippen LogP contribution in [0.5, 0.6) is 5.75 Å². The first-order valence-corrected chi connectivity index (χ1v) is 12.5. The minimum absolute atomic E-state index is 0.0820. The van der Waals surface area contributed by atoms with Gasteiger partial charge >= 0.3 is 0 Å². The monoisotopic (exact) mass is 587 g/mol. The number of benzene rings is 2. The molecule has 1 aliphatic rings. The molecule has 33 heavy (non-hydrogen) atoms. The lowest BCUT2D eigenvalue weighted by atomic mass is 10.1. The number of sulfonamides is 1. The zero-order valence-electron chi connectivity index (χ0n) is 17.6. The molecule has 1 fully saturated rings. The van der Waals surface area contributed by atoms with Crippen molar-refractivity contribution in [3.05, 3.63) is 79.1 Å². The molecule has 1 saturated carbocycles. The summed E-state index contributed by atoms with van der Waals surface area (Å²) in [6.07, 6.45) is 0.277. The number of aromatic hydroxyl groups is 1. The number of nitrogens with zero attached hydrogens (tertiary/aromatic N) is 1. The first kappa shape index (κ1) is 23.5. The SMILES string of the molecule is Cc1cc(NS(=O)(=O)C2CC2c2ccc(O)c(F)c2)c(Nc2ccc(I)cc2F)n(C)c1=O. The molecule has 1 aromatic heterocycles. The fourth-order valence-corrected chi connectivity index (χ4v) is 5.81. The maximum atomic E-state index is 14.4. The van der Waals surface area contributed by atoms with Crippen LogP contribution >= 0.6 is 22.6 Å². The fraction of sp³-hybridized carbons (Fsp3) is 0.227. The fourth-order valence-electron chi connectivity index (χ4n) is 3.69. The molecule has 1 aliphatic carbocycles. The molecule has 4 rings (SSSR count). The van der Waals surface area contributed by atoms with Gasteiger partial charge in [-0.1, -0.05) is 6.07 Å². The van der Waals surface area contributed by atoms with Crippen LogP contribution in [-0.2, 0) is 17.1 Å². The molecule has 0 bridgehead atoms. The number of aryl methyl sites for hydroxylation is 1. The molecule has 0 radical (unpaired) electrons. The maximum absolute atomic E-state index is 14.4. The van der Waals surface area contributed by atoms with Crippen LogP contribution in [0.25, 0.3) is 0 Å². The molecule has 7 nitrogen and oxygen atoms in total. The standard InChI is InChI=1S/C22H20F2IN3O4S/c1-11-7-18(21(28(2)22(11)30)26-17-5-4-13(25)9-15(17)23)27-33(31,32)20-10-14(20)12-3-6-19(29)16(24)8-12/h3-9,14,20,26-27,29H,10H2,1-2H3. The van der Waals surface area contributed by atoms with Gasteiger partial charge in [-0.2, -0.15) is 0 Å². The van der Waals surface area contributed by atoms with Crippen molar-refractivity contribution in [1.82, 2.24) is 4.57 Å². The van der Waals surface area contributed by atoms with Crippen LogP contribution in [0.2, 0.25) is 0 Å². The number of halogens is 3. The van der Waals surface area contributed by atoms with Crippen molar-refractivity contribution < 1.29 is 22.3 Å². The van der Waals surface area contributed by atoms with Gasteiger partial charge in [-0.25, -0.2) is 17.2 Å². The van der Waals surface area contributed by atoms with Gasteiger partial charge in [0, 0.05) is 22.1 Å². The summed E-state index contributed by atoms with van der Waals surface area (Å²) in [5.74, 6) is -2.22. The molecule has 3 aromatic rings. The van der Waals surface area contributed by atoms with Crippen LogP contribution in [0, 0.1) is 22.1 Å². The Bertz CT molecular complexity index is 1430. The van der Waals surface area contributed by atoms with E-state index in [1.807, 2.05) is 22.6 Å². The topological polar surface area (TPSA) is 100 Å². The molecular weight excluding hydrogens is 567 g/mol. The normalized spacial score (nSPS) is 17.6. The Kier molecular flexibility index (Phi) is 6.12. The van der Waals surface area contributed by atoms with E-state index in [2.05, 4.69) is 10.0 Å². The summed E-state index contributed by atoms with van der Waals surface area (Å²) in [4.78, 5) is 12.5. The van der Waals surface area contributed by atoms with E-state index in [0.29, 0.717) is 14.7 Å². The molecule has 0 amide bonds.